The summed E-state index contributed by atoms with van der Waals surface area (Å²) in [5.41, 5.74) is 1.71. The molecular formula is C20H21F2N5O. The predicted molar refractivity (Wildman–Crippen MR) is 104 cm³/mol. The molecule has 0 fully saturated rings. The van der Waals surface area contributed by atoms with Gasteiger partial charge in [-0.1, -0.05) is 13.8 Å². The van der Waals surface area contributed by atoms with Gasteiger partial charge in [0.05, 0.1) is 18.3 Å². The van der Waals surface area contributed by atoms with E-state index >= 15 is 0 Å². The molecule has 146 valence electrons. The molecule has 6 nitrogen and oxygen atoms in total. The van der Waals surface area contributed by atoms with E-state index in [0.717, 1.165) is 17.7 Å². The van der Waals surface area contributed by atoms with Crippen molar-refractivity contribution in [2.75, 3.05) is 17.2 Å². The standard InChI is InChI=1S/C20H21F2N5O/c1-12(2)18(11-28)26-20-25-17(13-4-3-7-23-10-13)9-19(27-20)24-14-5-6-15(21)16(22)8-14/h3-10,12,18,28H,11H2,1-2H3,(H2,24,25,26,27)/t18-/m1/s1. The number of aromatic nitrogens is 3. The third-order valence-electron chi connectivity index (χ3n) is 4.19. The Morgan fingerprint density at radius 2 is 1.89 bits per heavy atom. The zero-order valence-corrected chi connectivity index (χ0v) is 15.5. The van der Waals surface area contributed by atoms with Crippen molar-refractivity contribution in [2.24, 2.45) is 5.92 Å². The largest absolute Gasteiger partial charge is 0.394 e. The number of aliphatic hydroxyl groups excluding tert-OH is 1. The van der Waals surface area contributed by atoms with Crippen LogP contribution in [-0.2, 0) is 0 Å². The molecule has 0 unspecified atom stereocenters. The molecule has 0 saturated carbocycles. The Labute approximate surface area is 161 Å². The van der Waals surface area contributed by atoms with Crippen LogP contribution in [0.15, 0.2) is 48.8 Å². The quantitative estimate of drug-likeness (QED) is 0.570. The first-order valence-corrected chi connectivity index (χ1v) is 8.85. The molecule has 0 aliphatic carbocycles. The lowest BCUT2D eigenvalue weighted by Gasteiger charge is -2.20. The highest BCUT2D eigenvalue weighted by Crippen LogP contribution is 2.24. The Bertz CT molecular complexity index is 937. The van der Waals surface area contributed by atoms with Gasteiger partial charge in [0, 0.05) is 35.8 Å². The second-order valence-electron chi connectivity index (χ2n) is 6.64. The van der Waals surface area contributed by atoms with Crippen LogP contribution in [0, 0.1) is 17.6 Å². The Hall–Kier alpha value is -3.13. The lowest BCUT2D eigenvalue weighted by Crippen LogP contribution is -2.30. The molecule has 3 rings (SSSR count). The molecule has 28 heavy (non-hydrogen) atoms. The van der Waals surface area contributed by atoms with Crippen molar-refractivity contribution in [3.8, 4) is 11.3 Å². The molecule has 2 heterocycles. The number of nitrogens with one attached hydrogen (secondary N) is 2. The van der Waals surface area contributed by atoms with Crippen molar-refractivity contribution in [1.82, 2.24) is 15.0 Å². The third kappa shape index (κ3) is 4.77. The van der Waals surface area contributed by atoms with Crippen LogP contribution >= 0.6 is 0 Å². The number of hydrogen-bond donors (Lipinski definition) is 3. The van der Waals surface area contributed by atoms with Gasteiger partial charge in [-0.2, -0.15) is 4.98 Å². The number of hydrogen-bond acceptors (Lipinski definition) is 6. The molecule has 3 aromatic rings. The van der Waals surface area contributed by atoms with E-state index in [0.29, 0.717) is 23.1 Å². The van der Waals surface area contributed by atoms with Crippen molar-refractivity contribution >= 4 is 17.5 Å². The molecule has 0 bridgehead atoms. The number of anilines is 3. The van der Waals surface area contributed by atoms with E-state index in [1.54, 1.807) is 24.5 Å². The maximum absolute atomic E-state index is 13.5. The average molecular weight is 385 g/mol. The molecule has 2 aromatic heterocycles. The Balaban J connectivity index is 1.97. The molecule has 0 amide bonds. The maximum Gasteiger partial charge on any atom is 0.225 e. The van der Waals surface area contributed by atoms with Crippen LogP contribution in [0.2, 0.25) is 0 Å². The minimum Gasteiger partial charge on any atom is -0.394 e. The minimum absolute atomic E-state index is 0.0793. The zero-order valence-electron chi connectivity index (χ0n) is 15.5. The monoisotopic (exact) mass is 385 g/mol. The molecule has 1 aromatic carbocycles. The van der Waals surface area contributed by atoms with E-state index in [2.05, 4.69) is 25.6 Å². The van der Waals surface area contributed by atoms with Crippen LogP contribution < -0.4 is 10.6 Å². The van der Waals surface area contributed by atoms with Crippen molar-refractivity contribution in [3.05, 3.63) is 60.4 Å². The minimum atomic E-state index is -0.954. The summed E-state index contributed by atoms with van der Waals surface area (Å²) >= 11 is 0. The second-order valence-corrected chi connectivity index (χ2v) is 6.64. The molecule has 0 aliphatic heterocycles. The zero-order chi connectivity index (χ0) is 20.1. The molecule has 0 saturated heterocycles. The molecule has 0 radical (unpaired) electrons. The van der Waals surface area contributed by atoms with E-state index in [-0.39, 0.29) is 18.6 Å². The van der Waals surface area contributed by atoms with Gasteiger partial charge in [-0.05, 0) is 30.2 Å². The SMILES string of the molecule is CC(C)[C@@H](CO)Nc1nc(Nc2ccc(F)c(F)c2)cc(-c2cccnc2)n1. The first-order valence-electron chi connectivity index (χ1n) is 8.85. The third-order valence-corrected chi connectivity index (χ3v) is 4.19. The van der Waals surface area contributed by atoms with Gasteiger partial charge >= 0.3 is 0 Å². The van der Waals surface area contributed by atoms with Gasteiger partial charge < -0.3 is 15.7 Å². The normalized spacial score (nSPS) is 12.1. The van der Waals surface area contributed by atoms with Gasteiger partial charge in [0.2, 0.25) is 5.95 Å². The first kappa shape index (κ1) is 19.6. The topological polar surface area (TPSA) is 83.0 Å². The number of benzene rings is 1. The summed E-state index contributed by atoms with van der Waals surface area (Å²) in [6.07, 6.45) is 3.32. The number of aliphatic hydroxyl groups is 1. The lowest BCUT2D eigenvalue weighted by atomic mass is 10.1. The fourth-order valence-electron chi connectivity index (χ4n) is 2.55. The summed E-state index contributed by atoms with van der Waals surface area (Å²) in [5.74, 6) is -1.03. The number of halogens is 2. The van der Waals surface area contributed by atoms with Gasteiger partial charge in [-0.25, -0.2) is 13.8 Å². The highest BCUT2D eigenvalue weighted by Gasteiger charge is 2.15. The van der Waals surface area contributed by atoms with Crippen molar-refractivity contribution < 1.29 is 13.9 Å². The van der Waals surface area contributed by atoms with E-state index in [1.165, 1.54) is 6.07 Å². The van der Waals surface area contributed by atoms with Gasteiger partial charge in [-0.3, -0.25) is 4.98 Å². The fourth-order valence-corrected chi connectivity index (χ4v) is 2.55. The summed E-state index contributed by atoms with van der Waals surface area (Å²) in [5, 5.41) is 15.7. The molecular weight excluding hydrogens is 364 g/mol. The first-order chi connectivity index (χ1) is 13.5. The lowest BCUT2D eigenvalue weighted by molar-refractivity contribution is 0.248. The van der Waals surface area contributed by atoms with Crippen LogP contribution in [0.5, 0.6) is 0 Å². The Morgan fingerprint density at radius 3 is 2.54 bits per heavy atom. The predicted octanol–water partition coefficient (Wildman–Crippen LogP) is 3.99. The molecule has 3 N–H and O–H groups in total. The summed E-state index contributed by atoms with van der Waals surface area (Å²) in [7, 11) is 0. The molecule has 0 aliphatic rings. The van der Waals surface area contributed by atoms with Gasteiger partial charge in [0.25, 0.3) is 0 Å². The second kappa shape index (κ2) is 8.71. The van der Waals surface area contributed by atoms with E-state index in [9.17, 15) is 13.9 Å². The average Bonchev–Trinajstić information content (AvgIpc) is 2.69. The summed E-state index contributed by atoms with van der Waals surface area (Å²) in [6, 6.07) is 8.61. The van der Waals surface area contributed by atoms with E-state index < -0.39 is 11.6 Å². The molecule has 0 spiro atoms. The fraction of sp³-hybridized carbons (Fsp3) is 0.250. The van der Waals surface area contributed by atoms with Crippen LogP contribution in [0.3, 0.4) is 0 Å². The Kier molecular flexibility index (Phi) is 6.10. The van der Waals surface area contributed by atoms with Crippen LogP contribution in [0.4, 0.5) is 26.2 Å². The summed E-state index contributed by atoms with van der Waals surface area (Å²) < 4.78 is 26.7. The van der Waals surface area contributed by atoms with Crippen LogP contribution in [-0.4, -0.2) is 32.7 Å². The van der Waals surface area contributed by atoms with Crippen molar-refractivity contribution in [1.29, 1.82) is 0 Å². The summed E-state index contributed by atoms with van der Waals surface area (Å²) in [4.78, 5) is 13.0. The van der Waals surface area contributed by atoms with Crippen molar-refractivity contribution in [3.63, 3.8) is 0 Å². The summed E-state index contributed by atoms with van der Waals surface area (Å²) in [6.45, 7) is 3.86. The van der Waals surface area contributed by atoms with Crippen LogP contribution in [0.1, 0.15) is 13.8 Å². The highest BCUT2D eigenvalue weighted by molar-refractivity contribution is 5.66. The van der Waals surface area contributed by atoms with E-state index in [1.807, 2.05) is 19.9 Å². The molecule has 8 heteroatoms. The van der Waals surface area contributed by atoms with Gasteiger partial charge in [0.15, 0.2) is 11.6 Å². The van der Waals surface area contributed by atoms with Crippen LogP contribution in [0.25, 0.3) is 11.3 Å². The Morgan fingerprint density at radius 1 is 1.07 bits per heavy atom. The molecule has 1 atom stereocenters. The van der Waals surface area contributed by atoms with E-state index in [4.69, 9.17) is 0 Å². The maximum atomic E-state index is 13.5. The van der Waals surface area contributed by atoms with Gasteiger partial charge in [0.1, 0.15) is 5.82 Å². The smallest absolute Gasteiger partial charge is 0.225 e. The number of nitrogens with zero attached hydrogens (tertiary/aromatic N) is 3. The van der Waals surface area contributed by atoms with Gasteiger partial charge in [-0.15, -0.1) is 0 Å². The van der Waals surface area contributed by atoms with Crippen molar-refractivity contribution in [2.45, 2.75) is 19.9 Å². The number of pyridine rings is 1. The number of rotatable bonds is 7. The highest BCUT2D eigenvalue weighted by atomic mass is 19.2.